The first-order chi connectivity index (χ1) is 17.1. The fourth-order valence-electron chi connectivity index (χ4n) is 4.24. The van der Waals surface area contributed by atoms with Crippen LogP contribution in [0.2, 0.25) is 0 Å². The highest BCUT2D eigenvalue weighted by molar-refractivity contribution is 5.95. The minimum absolute atomic E-state index is 0. The van der Waals surface area contributed by atoms with E-state index in [1.54, 1.807) is 6.07 Å². The molecule has 10 heteroatoms. The second-order valence-corrected chi connectivity index (χ2v) is 8.69. The summed E-state index contributed by atoms with van der Waals surface area (Å²) in [6.45, 7) is 5.93. The molecule has 2 N–H and O–H groups in total. The highest BCUT2D eigenvalue weighted by atomic mass is 35.5. The maximum Gasteiger partial charge on any atom is 0.303 e. The molecule has 2 heterocycles. The minimum atomic E-state index is -0.798. The van der Waals surface area contributed by atoms with Gasteiger partial charge in [-0.25, -0.2) is 0 Å². The maximum atomic E-state index is 11.5. The molecule has 36 heavy (non-hydrogen) atoms. The van der Waals surface area contributed by atoms with E-state index in [-0.39, 0.29) is 31.3 Å². The van der Waals surface area contributed by atoms with Crippen LogP contribution in [0.15, 0.2) is 42.5 Å². The molecule has 2 aromatic rings. The van der Waals surface area contributed by atoms with Crippen molar-refractivity contribution in [3.05, 3.63) is 42.5 Å². The molecule has 0 unspecified atom stereocenters. The maximum absolute atomic E-state index is 11.5. The van der Waals surface area contributed by atoms with Crippen LogP contribution in [0, 0.1) is 0 Å². The van der Waals surface area contributed by atoms with Crippen molar-refractivity contribution in [3.8, 4) is 17.2 Å². The van der Waals surface area contributed by atoms with E-state index < -0.39 is 5.97 Å². The molecule has 0 radical (unpaired) electrons. The number of nitrogens with one attached hydrogen (secondary N) is 1. The van der Waals surface area contributed by atoms with E-state index in [1.807, 2.05) is 30.3 Å². The van der Waals surface area contributed by atoms with Gasteiger partial charge in [0, 0.05) is 38.7 Å². The number of aliphatic carboxylic acids is 1. The molecule has 0 aromatic heterocycles. The van der Waals surface area contributed by atoms with Crippen LogP contribution in [-0.4, -0.2) is 74.4 Å². The number of rotatable bonds is 12. The molecule has 2 aliphatic rings. The van der Waals surface area contributed by atoms with E-state index in [0.717, 1.165) is 62.8 Å². The van der Waals surface area contributed by atoms with Crippen LogP contribution >= 0.6 is 12.4 Å². The van der Waals surface area contributed by atoms with Crippen molar-refractivity contribution in [3.63, 3.8) is 0 Å². The molecule has 0 atom stereocenters. The Bertz CT molecular complexity index is 1010. The third-order valence-corrected chi connectivity index (χ3v) is 6.09. The Labute approximate surface area is 217 Å². The summed E-state index contributed by atoms with van der Waals surface area (Å²) in [5.41, 5.74) is 1.73. The normalized spacial score (nSPS) is 15.2. The fraction of sp³-hybridized carbons (Fsp3) is 0.462. The van der Waals surface area contributed by atoms with E-state index in [4.69, 9.17) is 19.3 Å². The SMILES string of the molecule is Cl.O=C(O)CCCOc1ccccc1N1CCN(CCCCOc2ccc3c(c2)NC(=O)CO3)CC1. The highest BCUT2D eigenvalue weighted by Gasteiger charge is 2.20. The Balaban J connectivity index is 0.00000361. The number of unbranched alkanes of at least 4 members (excludes halogenated alkanes) is 1. The lowest BCUT2D eigenvalue weighted by molar-refractivity contribution is -0.137. The number of carbonyl (C=O) groups excluding carboxylic acids is 1. The first-order valence-electron chi connectivity index (χ1n) is 12.2. The van der Waals surface area contributed by atoms with Crippen LogP contribution in [0.5, 0.6) is 17.2 Å². The van der Waals surface area contributed by atoms with Crippen molar-refractivity contribution < 1.29 is 28.9 Å². The molecular formula is C26H34ClN3O6. The number of amides is 1. The van der Waals surface area contributed by atoms with Gasteiger partial charge in [0.05, 0.1) is 24.6 Å². The van der Waals surface area contributed by atoms with Gasteiger partial charge in [0.1, 0.15) is 17.2 Å². The zero-order chi connectivity index (χ0) is 24.5. The fourth-order valence-corrected chi connectivity index (χ4v) is 4.24. The predicted octanol–water partition coefficient (Wildman–Crippen LogP) is 3.66. The summed E-state index contributed by atoms with van der Waals surface area (Å²) < 4.78 is 17.1. The largest absolute Gasteiger partial charge is 0.494 e. The van der Waals surface area contributed by atoms with Crippen molar-refractivity contribution in [2.24, 2.45) is 0 Å². The van der Waals surface area contributed by atoms with Crippen molar-refractivity contribution in [2.45, 2.75) is 25.7 Å². The lowest BCUT2D eigenvalue weighted by Crippen LogP contribution is -2.46. The zero-order valence-electron chi connectivity index (χ0n) is 20.3. The van der Waals surface area contributed by atoms with Crippen LogP contribution in [0.3, 0.4) is 0 Å². The smallest absolute Gasteiger partial charge is 0.303 e. The Morgan fingerprint density at radius 2 is 1.78 bits per heavy atom. The van der Waals surface area contributed by atoms with Gasteiger partial charge in [-0.3, -0.25) is 14.5 Å². The molecule has 0 spiro atoms. The molecule has 1 amide bonds. The summed E-state index contributed by atoms with van der Waals surface area (Å²) in [6, 6.07) is 13.5. The number of fused-ring (bicyclic) bond motifs is 1. The second-order valence-electron chi connectivity index (χ2n) is 8.69. The average Bonchev–Trinajstić information content (AvgIpc) is 2.87. The quantitative estimate of drug-likeness (QED) is 0.410. The number of hydrogen-bond acceptors (Lipinski definition) is 7. The Morgan fingerprint density at radius 3 is 2.58 bits per heavy atom. The van der Waals surface area contributed by atoms with Gasteiger partial charge >= 0.3 is 5.97 Å². The summed E-state index contributed by atoms with van der Waals surface area (Å²) >= 11 is 0. The Kier molecular flexibility index (Phi) is 10.5. The summed E-state index contributed by atoms with van der Waals surface area (Å²) in [6.07, 6.45) is 2.62. The molecule has 0 bridgehead atoms. The molecule has 2 aliphatic heterocycles. The summed E-state index contributed by atoms with van der Waals surface area (Å²) in [4.78, 5) is 27.0. The third kappa shape index (κ3) is 7.93. The van der Waals surface area contributed by atoms with E-state index in [2.05, 4.69) is 21.2 Å². The van der Waals surface area contributed by atoms with Gasteiger partial charge in [-0.05, 0) is 50.1 Å². The number of ether oxygens (including phenoxy) is 3. The number of para-hydroxylation sites is 2. The number of nitrogens with zero attached hydrogens (tertiary/aromatic N) is 2. The number of benzene rings is 2. The van der Waals surface area contributed by atoms with Gasteiger partial charge in [0.15, 0.2) is 6.61 Å². The summed E-state index contributed by atoms with van der Waals surface area (Å²) in [5, 5.41) is 11.6. The number of anilines is 2. The highest BCUT2D eigenvalue weighted by Crippen LogP contribution is 2.32. The molecule has 0 saturated carbocycles. The number of carboxylic acid groups (broad SMARTS) is 1. The van der Waals surface area contributed by atoms with E-state index in [0.29, 0.717) is 31.1 Å². The molecule has 4 rings (SSSR count). The number of carboxylic acids is 1. The van der Waals surface area contributed by atoms with Gasteiger partial charge in [-0.1, -0.05) is 12.1 Å². The standard InChI is InChI=1S/C26H33N3O6.ClH/c30-25-19-35-23-10-9-20(18-21(23)27-25)33-16-4-3-11-28-12-14-29(15-13-28)22-6-1-2-7-24(22)34-17-5-8-26(31)32;/h1-2,6-7,9-10,18H,3-5,8,11-17,19H2,(H,27,30)(H,31,32);1H. The Hall–Kier alpha value is -3.17. The van der Waals surface area contributed by atoms with Crippen LogP contribution in [0.1, 0.15) is 25.7 Å². The summed E-state index contributed by atoms with van der Waals surface area (Å²) in [5.74, 6) is 1.27. The van der Waals surface area contributed by atoms with E-state index >= 15 is 0 Å². The van der Waals surface area contributed by atoms with Gasteiger partial charge < -0.3 is 29.5 Å². The van der Waals surface area contributed by atoms with Crippen molar-refractivity contribution in [1.29, 1.82) is 0 Å². The first-order valence-corrected chi connectivity index (χ1v) is 12.2. The first kappa shape index (κ1) is 27.4. The van der Waals surface area contributed by atoms with Crippen LogP contribution < -0.4 is 24.4 Å². The molecule has 1 saturated heterocycles. The van der Waals surface area contributed by atoms with E-state index in [1.165, 1.54) is 0 Å². The number of hydrogen-bond donors (Lipinski definition) is 2. The summed E-state index contributed by atoms with van der Waals surface area (Å²) in [7, 11) is 0. The van der Waals surface area contributed by atoms with Gasteiger partial charge in [-0.2, -0.15) is 0 Å². The molecular weight excluding hydrogens is 486 g/mol. The van der Waals surface area contributed by atoms with Crippen LogP contribution in [0.25, 0.3) is 0 Å². The van der Waals surface area contributed by atoms with Crippen LogP contribution in [-0.2, 0) is 9.59 Å². The van der Waals surface area contributed by atoms with Gasteiger partial charge in [0.25, 0.3) is 5.91 Å². The predicted molar refractivity (Wildman–Crippen MR) is 140 cm³/mol. The third-order valence-electron chi connectivity index (χ3n) is 6.09. The minimum Gasteiger partial charge on any atom is -0.494 e. The lowest BCUT2D eigenvalue weighted by Gasteiger charge is -2.36. The topological polar surface area (TPSA) is 101 Å². The van der Waals surface area contributed by atoms with Gasteiger partial charge in [-0.15, -0.1) is 12.4 Å². The molecule has 9 nitrogen and oxygen atoms in total. The van der Waals surface area contributed by atoms with Crippen molar-refractivity contribution >= 4 is 35.7 Å². The van der Waals surface area contributed by atoms with Crippen LogP contribution in [0.4, 0.5) is 11.4 Å². The molecule has 0 aliphatic carbocycles. The van der Waals surface area contributed by atoms with Crippen molar-refractivity contribution in [2.75, 3.05) is 62.8 Å². The van der Waals surface area contributed by atoms with E-state index in [9.17, 15) is 9.59 Å². The molecule has 1 fully saturated rings. The zero-order valence-corrected chi connectivity index (χ0v) is 21.1. The second kappa shape index (κ2) is 13.8. The molecule has 2 aromatic carbocycles. The van der Waals surface area contributed by atoms with Crippen molar-refractivity contribution in [1.82, 2.24) is 4.90 Å². The monoisotopic (exact) mass is 519 g/mol. The number of piperazine rings is 1. The number of halogens is 1. The number of carbonyl (C=O) groups is 2. The average molecular weight is 520 g/mol. The Morgan fingerprint density at radius 1 is 1.00 bits per heavy atom. The van der Waals surface area contributed by atoms with Gasteiger partial charge in [0.2, 0.25) is 0 Å². The molecule has 196 valence electrons. The lowest BCUT2D eigenvalue weighted by atomic mass is 10.2.